The summed E-state index contributed by atoms with van der Waals surface area (Å²) in [6, 6.07) is 3.89. The van der Waals surface area contributed by atoms with Crippen LogP contribution in [0.4, 0.5) is 0 Å². The van der Waals surface area contributed by atoms with Gasteiger partial charge in [0.2, 0.25) is 0 Å². The molecule has 0 saturated heterocycles. The van der Waals surface area contributed by atoms with Crippen LogP contribution in [0.15, 0.2) is 52.2 Å². The Hall–Kier alpha value is -3.08. The number of benzene rings is 1. The molecule has 1 aliphatic carbocycles. The van der Waals surface area contributed by atoms with E-state index in [2.05, 4.69) is 0 Å². The van der Waals surface area contributed by atoms with E-state index in [4.69, 9.17) is 13.9 Å². The number of ketones is 1. The molecule has 5 heteroatoms. The van der Waals surface area contributed by atoms with Gasteiger partial charge in [-0.2, -0.15) is 0 Å². The van der Waals surface area contributed by atoms with Crippen molar-refractivity contribution in [2.45, 2.75) is 32.8 Å². The monoisotopic (exact) mass is 364 g/mol. The molecule has 0 spiro atoms. The summed E-state index contributed by atoms with van der Waals surface area (Å²) in [4.78, 5) is 23.3. The molecule has 0 N–H and O–H groups in total. The van der Waals surface area contributed by atoms with Crippen LogP contribution in [-0.2, 0) is 20.7 Å². The Morgan fingerprint density at radius 1 is 1.33 bits per heavy atom. The van der Waals surface area contributed by atoms with Gasteiger partial charge in [0, 0.05) is 29.4 Å². The minimum Gasteiger partial charge on any atom is -0.485 e. The number of hydrogen-bond donors (Lipinski definition) is 0. The first-order valence-electron chi connectivity index (χ1n) is 8.93. The molecule has 1 aromatic heterocycles. The van der Waals surface area contributed by atoms with E-state index >= 15 is 0 Å². The van der Waals surface area contributed by atoms with E-state index in [0.29, 0.717) is 36.4 Å². The number of carbonyl (C=O) groups excluding carboxylic acids is 2. The highest BCUT2D eigenvalue weighted by atomic mass is 16.5. The predicted molar refractivity (Wildman–Crippen MR) is 101 cm³/mol. The highest BCUT2D eigenvalue weighted by Gasteiger charge is 2.22. The normalized spacial score (nSPS) is 19.3. The number of allylic oxidation sites excluding steroid dienone is 1. The fourth-order valence-corrected chi connectivity index (χ4v) is 3.42. The Balaban J connectivity index is 1.51. The van der Waals surface area contributed by atoms with Crippen molar-refractivity contribution >= 4 is 28.8 Å². The summed E-state index contributed by atoms with van der Waals surface area (Å²) in [5.74, 6) is 0.422. The van der Waals surface area contributed by atoms with E-state index < -0.39 is 0 Å². The second-order valence-electron chi connectivity index (χ2n) is 6.95. The number of carbonyl (C=O) groups is 2. The smallest absolute Gasteiger partial charge is 0.334 e. The highest BCUT2D eigenvalue weighted by molar-refractivity contribution is 6.01. The summed E-state index contributed by atoms with van der Waals surface area (Å²) in [7, 11) is 0. The Morgan fingerprint density at radius 3 is 2.96 bits per heavy atom. The lowest BCUT2D eigenvalue weighted by molar-refractivity contribution is -0.139. The van der Waals surface area contributed by atoms with Gasteiger partial charge in [0.15, 0.2) is 17.1 Å². The fourth-order valence-electron chi connectivity index (χ4n) is 3.42. The second-order valence-corrected chi connectivity index (χ2v) is 6.95. The largest absolute Gasteiger partial charge is 0.485 e. The first kappa shape index (κ1) is 17.3. The van der Waals surface area contributed by atoms with Crippen LogP contribution in [-0.4, -0.2) is 24.5 Å². The van der Waals surface area contributed by atoms with Gasteiger partial charge in [0.25, 0.3) is 0 Å². The zero-order valence-corrected chi connectivity index (χ0v) is 15.3. The Labute approximate surface area is 156 Å². The van der Waals surface area contributed by atoms with Crippen LogP contribution in [0.3, 0.4) is 0 Å². The molecule has 2 aliphatic rings. The third kappa shape index (κ3) is 3.45. The number of furan rings is 1. The lowest BCUT2D eigenvalue weighted by Gasteiger charge is -2.16. The zero-order chi connectivity index (χ0) is 19.0. The lowest BCUT2D eigenvalue weighted by atomic mass is 9.94. The Kier molecular flexibility index (Phi) is 4.44. The van der Waals surface area contributed by atoms with Gasteiger partial charge in [-0.15, -0.1) is 0 Å². The maximum Gasteiger partial charge on any atom is 0.334 e. The number of esters is 1. The number of hydrogen-bond acceptors (Lipinski definition) is 5. The number of fused-ring (bicyclic) bond motifs is 2. The van der Waals surface area contributed by atoms with Crippen molar-refractivity contribution in [3.05, 3.63) is 58.9 Å². The topological polar surface area (TPSA) is 65.7 Å². The average molecular weight is 364 g/mol. The molecule has 0 bridgehead atoms. The van der Waals surface area contributed by atoms with Crippen molar-refractivity contribution in [3.8, 4) is 5.75 Å². The average Bonchev–Trinajstić information content (AvgIpc) is 3.21. The van der Waals surface area contributed by atoms with E-state index in [1.807, 2.05) is 37.3 Å². The van der Waals surface area contributed by atoms with Gasteiger partial charge in [-0.3, -0.25) is 4.79 Å². The summed E-state index contributed by atoms with van der Waals surface area (Å²) in [5.41, 5.74) is 4.22. The molecule has 138 valence electrons. The van der Waals surface area contributed by atoms with Gasteiger partial charge in [-0.1, -0.05) is 11.6 Å². The standard InChI is InChI=1S/C22H20O5/c1-13(9-18-10-14(2)22(24)27-18)5-7-26-21-19-12-17(23)4-3-15(19)11-16-6-8-25-20(16)21/h3-6,8,10-11,18H,7,9,12H2,1-2H3/b13-5-. The summed E-state index contributed by atoms with van der Waals surface area (Å²) in [6.45, 7) is 4.08. The molecule has 1 atom stereocenters. The first-order chi connectivity index (χ1) is 13.0. The molecule has 4 rings (SSSR count). The molecule has 1 aromatic carbocycles. The van der Waals surface area contributed by atoms with Crippen molar-refractivity contribution in [1.82, 2.24) is 0 Å². The van der Waals surface area contributed by atoms with Crippen LogP contribution in [0.1, 0.15) is 31.4 Å². The molecule has 5 nitrogen and oxygen atoms in total. The maximum absolute atomic E-state index is 11.8. The predicted octanol–water partition coefficient (Wildman–Crippen LogP) is 4.16. The zero-order valence-electron chi connectivity index (χ0n) is 15.3. The maximum atomic E-state index is 11.8. The third-order valence-electron chi connectivity index (χ3n) is 4.83. The molecule has 2 aromatic rings. The van der Waals surface area contributed by atoms with E-state index in [0.717, 1.165) is 22.1 Å². The van der Waals surface area contributed by atoms with Crippen molar-refractivity contribution in [3.63, 3.8) is 0 Å². The molecule has 1 unspecified atom stereocenters. The van der Waals surface area contributed by atoms with Crippen molar-refractivity contribution in [2.24, 2.45) is 0 Å². The number of ether oxygens (including phenoxy) is 2. The van der Waals surface area contributed by atoms with Gasteiger partial charge in [-0.05, 0) is 49.8 Å². The minimum atomic E-state index is -0.252. The van der Waals surface area contributed by atoms with Crippen molar-refractivity contribution in [1.29, 1.82) is 0 Å². The van der Waals surface area contributed by atoms with Gasteiger partial charge in [0.05, 0.1) is 6.26 Å². The van der Waals surface area contributed by atoms with E-state index in [9.17, 15) is 9.59 Å². The second kappa shape index (κ2) is 6.91. The van der Waals surface area contributed by atoms with E-state index in [1.165, 1.54) is 0 Å². The van der Waals surface area contributed by atoms with Crippen LogP contribution in [0.2, 0.25) is 0 Å². The molecular formula is C22H20O5. The van der Waals surface area contributed by atoms with Crippen molar-refractivity contribution in [2.75, 3.05) is 6.61 Å². The summed E-state index contributed by atoms with van der Waals surface area (Å²) in [6.07, 6.45) is 9.59. The Bertz CT molecular complexity index is 1020. The Morgan fingerprint density at radius 2 is 2.19 bits per heavy atom. The van der Waals surface area contributed by atoms with Crippen LogP contribution >= 0.6 is 0 Å². The first-order valence-corrected chi connectivity index (χ1v) is 8.93. The summed E-state index contributed by atoms with van der Waals surface area (Å²) in [5, 5.41) is 0.946. The highest BCUT2D eigenvalue weighted by Crippen LogP contribution is 2.36. The minimum absolute atomic E-state index is 0.0511. The van der Waals surface area contributed by atoms with Gasteiger partial charge in [-0.25, -0.2) is 4.79 Å². The van der Waals surface area contributed by atoms with Crippen molar-refractivity contribution < 1.29 is 23.5 Å². The quantitative estimate of drug-likeness (QED) is 0.589. The van der Waals surface area contributed by atoms with Crippen LogP contribution in [0, 0.1) is 0 Å². The molecule has 0 fully saturated rings. The van der Waals surface area contributed by atoms with Gasteiger partial charge < -0.3 is 13.9 Å². The van der Waals surface area contributed by atoms with Gasteiger partial charge >= 0.3 is 5.97 Å². The molecular weight excluding hydrogens is 344 g/mol. The van der Waals surface area contributed by atoms with Gasteiger partial charge in [0.1, 0.15) is 12.7 Å². The molecule has 0 saturated carbocycles. The third-order valence-corrected chi connectivity index (χ3v) is 4.83. The van der Waals surface area contributed by atoms with Crippen LogP contribution in [0.25, 0.3) is 17.0 Å². The molecule has 0 radical (unpaired) electrons. The number of rotatable bonds is 5. The summed E-state index contributed by atoms with van der Waals surface area (Å²) < 4.78 is 16.9. The number of cyclic esters (lactones) is 1. The fraction of sp³-hybridized carbons (Fsp3) is 0.273. The SMILES string of the molecule is CC1=CC(C/C(C)=C\COc2c3c(cc4ccoc24)C=CC(=O)C3)OC1=O. The van der Waals surface area contributed by atoms with E-state index in [-0.39, 0.29) is 17.9 Å². The molecule has 2 heterocycles. The molecule has 1 aliphatic heterocycles. The molecule has 0 amide bonds. The van der Waals surface area contributed by atoms with Crippen LogP contribution < -0.4 is 4.74 Å². The van der Waals surface area contributed by atoms with E-state index in [1.54, 1.807) is 19.3 Å². The molecule has 27 heavy (non-hydrogen) atoms. The summed E-state index contributed by atoms with van der Waals surface area (Å²) >= 11 is 0. The van der Waals surface area contributed by atoms with Crippen LogP contribution in [0.5, 0.6) is 5.75 Å². The lowest BCUT2D eigenvalue weighted by Crippen LogP contribution is -2.10.